The molecule has 7 heteroatoms. The quantitative estimate of drug-likeness (QED) is 0.528. The van der Waals surface area contributed by atoms with Crippen LogP contribution >= 0.6 is 0 Å². The Bertz CT molecular complexity index is 1220. The van der Waals surface area contributed by atoms with Crippen molar-refractivity contribution in [2.24, 2.45) is 7.05 Å². The van der Waals surface area contributed by atoms with Gasteiger partial charge in [-0.1, -0.05) is 18.7 Å². The molecule has 0 atom stereocenters. The second-order valence-electron chi connectivity index (χ2n) is 7.53. The molecule has 2 aromatic carbocycles. The Labute approximate surface area is 181 Å². The molecule has 0 radical (unpaired) electrons. The number of ether oxygens (including phenoxy) is 1. The molecule has 7 nitrogen and oxygen atoms in total. The van der Waals surface area contributed by atoms with E-state index in [0.29, 0.717) is 5.95 Å². The van der Waals surface area contributed by atoms with Gasteiger partial charge in [0.2, 0.25) is 5.95 Å². The Kier molecular flexibility index (Phi) is 5.09. The number of aromatic nitrogens is 4. The fourth-order valence-electron chi connectivity index (χ4n) is 3.82. The van der Waals surface area contributed by atoms with Crippen LogP contribution in [0.5, 0.6) is 0 Å². The number of morpholine rings is 1. The number of hydrogen-bond donors (Lipinski definition) is 1. The third kappa shape index (κ3) is 3.87. The molecular formula is C24H24N6O. The molecule has 1 saturated heterocycles. The van der Waals surface area contributed by atoms with Crippen molar-refractivity contribution < 1.29 is 4.74 Å². The van der Waals surface area contributed by atoms with E-state index in [9.17, 15) is 0 Å². The summed E-state index contributed by atoms with van der Waals surface area (Å²) < 4.78 is 7.43. The number of nitrogens with zero attached hydrogens (tertiary/aromatic N) is 5. The first kappa shape index (κ1) is 19.3. The molecule has 1 N–H and O–H groups in total. The Morgan fingerprint density at radius 3 is 2.65 bits per heavy atom. The first-order chi connectivity index (χ1) is 15.2. The minimum Gasteiger partial charge on any atom is -0.378 e. The van der Waals surface area contributed by atoms with Crippen LogP contribution in [0.1, 0.15) is 5.56 Å². The summed E-state index contributed by atoms with van der Waals surface area (Å²) in [5, 5.41) is 3.32. The van der Waals surface area contributed by atoms with E-state index in [4.69, 9.17) is 9.72 Å². The van der Waals surface area contributed by atoms with Crippen molar-refractivity contribution in [2.75, 3.05) is 36.5 Å². The third-order valence-electron chi connectivity index (χ3n) is 5.54. The molecule has 0 aliphatic carbocycles. The van der Waals surface area contributed by atoms with Crippen LogP contribution in [0.3, 0.4) is 0 Å². The van der Waals surface area contributed by atoms with Crippen LogP contribution < -0.4 is 10.2 Å². The van der Waals surface area contributed by atoms with Crippen molar-refractivity contribution in [3.63, 3.8) is 0 Å². The number of fused-ring (bicyclic) bond motifs is 1. The van der Waals surface area contributed by atoms with Gasteiger partial charge in [-0.05, 0) is 36.4 Å². The highest BCUT2D eigenvalue weighted by Crippen LogP contribution is 2.27. The van der Waals surface area contributed by atoms with Crippen LogP contribution in [-0.4, -0.2) is 45.8 Å². The van der Waals surface area contributed by atoms with E-state index in [1.807, 2.05) is 24.0 Å². The lowest BCUT2D eigenvalue weighted by atomic mass is 10.1. The third-order valence-corrected chi connectivity index (χ3v) is 5.54. The van der Waals surface area contributed by atoms with Gasteiger partial charge in [-0.2, -0.15) is 0 Å². The lowest BCUT2D eigenvalue weighted by molar-refractivity contribution is 0.122. The van der Waals surface area contributed by atoms with Gasteiger partial charge in [0.05, 0.1) is 36.3 Å². The summed E-state index contributed by atoms with van der Waals surface area (Å²) in [5.41, 5.74) is 6.83. The van der Waals surface area contributed by atoms with Crippen LogP contribution in [0.25, 0.3) is 28.4 Å². The molecule has 0 unspecified atom stereocenters. The summed E-state index contributed by atoms with van der Waals surface area (Å²) in [5.74, 6) is 0.542. The largest absolute Gasteiger partial charge is 0.378 e. The van der Waals surface area contributed by atoms with Crippen molar-refractivity contribution in [3.8, 4) is 11.3 Å². The second-order valence-corrected chi connectivity index (χ2v) is 7.53. The van der Waals surface area contributed by atoms with Crippen molar-refractivity contribution in [3.05, 3.63) is 67.1 Å². The van der Waals surface area contributed by atoms with Crippen LogP contribution in [0.2, 0.25) is 0 Å². The smallest absolute Gasteiger partial charge is 0.227 e. The first-order valence-electron chi connectivity index (χ1n) is 10.3. The van der Waals surface area contributed by atoms with Crippen LogP contribution in [0.15, 0.2) is 61.6 Å². The number of benzene rings is 2. The summed E-state index contributed by atoms with van der Waals surface area (Å²) in [6, 6.07) is 14.5. The molecule has 1 fully saturated rings. The van der Waals surface area contributed by atoms with Crippen molar-refractivity contribution in [1.29, 1.82) is 0 Å². The fraction of sp³-hybridized carbons (Fsp3) is 0.208. The van der Waals surface area contributed by atoms with Gasteiger partial charge in [0, 0.05) is 48.8 Å². The summed E-state index contributed by atoms with van der Waals surface area (Å²) in [7, 11) is 1.99. The van der Waals surface area contributed by atoms with Gasteiger partial charge in [0.1, 0.15) is 0 Å². The molecule has 1 aliphatic heterocycles. The number of aryl methyl sites for hydroxylation is 1. The minimum absolute atomic E-state index is 0.542. The predicted molar refractivity (Wildman–Crippen MR) is 125 cm³/mol. The average molecular weight is 412 g/mol. The highest BCUT2D eigenvalue weighted by atomic mass is 16.5. The molecule has 31 heavy (non-hydrogen) atoms. The molecule has 156 valence electrons. The Morgan fingerprint density at radius 1 is 1.06 bits per heavy atom. The van der Waals surface area contributed by atoms with Crippen molar-refractivity contribution >= 4 is 34.4 Å². The molecule has 0 amide bonds. The van der Waals surface area contributed by atoms with E-state index in [2.05, 4.69) is 63.2 Å². The molecule has 0 saturated carbocycles. The maximum Gasteiger partial charge on any atom is 0.227 e. The zero-order valence-electron chi connectivity index (χ0n) is 17.5. The van der Waals surface area contributed by atoms with Gasteiger partial charge in [-0.25, -0.2) is 15.0 Å². The van der Waals surface area contributed by atoms with Crippen LogP contribution in [-0.2, 0) is 11.8 Å². The zero-order chi connectivity index (χ0) is 21.2. The molecule has 1 aliphatic rings. The fourth-order valence-corrected chi connectivity index (χ4v) is 3.82. The number of anilines is 3. The summed E-state index contributed by atoms with van der Waals surface area (Å²) in [4.78, 5) is 16.0. The minimum atomic E-state index is 0.542. The molecule has 0 bridgehead atoms. The van der Waals surface area contributed by atoms with Crippen molar-refractivity contribution in [2.45, 2.75) is 0 Å². The van der Waals surface area contributed by atoms with Gasteiger partial charge in [0.25, 0.3) is 0 Å². The molecule has 2 aromatic heterocycles. The topological polar surface area (TPSA) is 68.1 Å². The highest BCUT2D eigenvalue weighted by molar-refractivity contribution is 5.83. The SMILES string of the molecule is C=Cc1cnc(Nc2ccc(N3CCOCC3)cc2)nc1-c1ccc2c(c1)ncn2C. The van der Waals surface area contributed by atoms with Gasteiger partial charge in [-0.15, -0.1) is 0 Å². The van der Waals surface area contributed by atoms with Crippen molar-refractivity contribution in [1.82, 2.24) is 19.5 Å². The lowest BCUT2D eigenvalue weighted by Gasteiger charge is -2.28. The normalized spacial score (nSPS) is 14.0. The van der Waals surface area contributed by atoms with E-state index in [-0.39, 0.29) is 0 Å². The van der Waals surface area contributed by atoms with Crippen LogP contribution in [0.4, 0.5) is 17.3 Å². The number of hydrogen-bond acceptors (Lipinski definition) is 6. The van der Waals surface area contributed by atoms with E-state index in [0.717, 1.165) is 59.8 Å². The van der Waals surface area contributed by atoms with E-state index in [1.54, 1.807) is 12.3 Å². The van der Waals surface area contributed by atoms with E-state index < -0.39 is 0 Å². The number of nitrogens with one attached hydrogen (secondary N) is 1. The molecule has 3 heterocycles. The van der Waals surface area contributed by atoms with Gasteiger partial charge in [0.15, 0.2) is 0 Å². The van der Waals surface area contributed by atoms with Gasteiger partial charge < -0.3 is 19.5 Å². The Morgan fingerprint density at radius 2 is 1.87 bits per heavy atom. The zero-order valence-corrected chi connectivity index (χ0v) is 17.5. The maximum absolute atomic E-state index is 5.43. The summed E-state index contributed by atoms with van der Waals surface area (Å²) in [6.07, 6.45) is 5.39. The van der Waals surface area contributed by atoms with Gasteiger partial charge >= 0.3 is 0 Å². The lowest BCUT2D eigenvalue weighted by Crippen LogP contribution is -2.36. The Balaban J connectivity index is 1.41. The predicted octanol–water partition coefficient (Wildman–Crippen LogP) is 4.25. The summed E-state index contributed by atoms with van der Waals surface area (Å²) >= 11 is 0. The molecular weight excluding hydrogens is 388 g/mol. The highest BCUT2D eigenvalue weighted by Gasteiger charge is 2.12. The Hall–Kier alpha value is -3.71. The number of rotatable bonds is 5. The average Bonchev–Trinajstić information content (AvgIpc) is 3.20. The summed E-state index contributed by atoms with van der Waals surface area (Å²) in [6.45, 7) is 7.31. The molecule has 5 rings (SSSR count). The second kappa shape index (κ2) is 8.20. The van der Waals surface area contributed by atoms with Gasteiger partial charge in [-0.3, -0.25) is 0 Å². The molecule has 4 aromatic rings. The van der Waals surface area contributed by atoms with E-state index >= 15 is 0 Å². The number of imidazole rings is 1. The molecule has 0 spiro atoms. The maximum atomic E-state index is 5.43. The van der Waals surface area contributed by atoms with Crippen LogP contribution in [0, 0.1) is 0 Å². The van der Waals surface area contributed by atoms with E-state index in [1.165, 1.54) is 5.69 Å². The first-order valence-corrected chi connectivity index (χ1v) is 10.3. The standard InChI is InChI=1S/C24H24N6O/c1-3-17-15-25-24(27-19-5-7-20(8-6-19)30-10-12-31-13-11-30)28-23(17)18-4-9-22-21(14-18)26-16-29(22)2/h3-9,14-16H,1,10-13H2,2H3,(H,25,27,28). The monoisotopic (exact) mass is 412 g/mol.